The van der Waals surface area contributed by atoms with E-state index in [1.807, 2.05) is 81.4 Å². The zero-order valence-corrected chi connectivity index (χ0v) is 21.6. The van der Waals surface area contributed by atoms with Crippen LogP contribution in [0.25, 0.3) is 11.3 Å². The number of nitrogens with zero attached hydrogens (tertiary/aromatic N) is 2. The van der Waals surface area contributed by atoms with Gasteiger partial charge < -0.3 is 15.0 Å². The lowest BCUT2D eigenvalue weighted by atomic mass is 10.1. The zero-order chi connectivity index (χ0) is 26.1. The highest BCUT2D eigenvalue weighted by atomic mass is 19.1. The van der Waals surface area contributed by atoms with Crippen molar-refractivity contribution in [2.45, 2.75) is 33.7 Å². The fraction of sp³-hybridized carbons (Fsp3) is 0.267. The third kappa shape index (κ3) is 7.54. The van der Waals surface area contributed by atoms with Crippen molar-refractivity contribution in [3.8, 4) is 17.0 Å². The van der Waals surface area contributed by atoms with Crippen molar-refractivity contribution in [3.05, 3.63) is 101 Å². The van der Waals surface area contributed by atoms with Crippen LogP contribution in [0.4, 0.5) is 10.1 Å². The second kappa shape index (κ2) is 12.7. The van der Waals surface area contributed by atoms with E-state index in [1.54, 1.807) is 25.1 Å². The molecule has 188 valence electrons. The van der Waals surface area contributed by atoms with Crippen LogP contribution >= 0.6 is 0 Å². The summed E-state index contributed by atoms with van der Waals surface area (Å²) in [5.74, 6) is 0.305. The Morgan fingerprint density at radius 1 is 1.08 bits per heavy atom. The summed E-state index contributed by atoms with van der Waals surface area (Å²) >= 11 is 0. The zero-order valence-electron chi connectivity index (χ0n) is 21.6. The summed E-state index contributed by atoms with van der Waals surface area (Å²) in [5.41, 5.74) is 5.77. The van der Waals surface area contributed by atoms with Gasteiger partial charge in [-0.25, -0.2) is 4.39 Å². The van der Waals surface area contributed by atoms with E-state index in [1.165, 1.54) is 6.08 Å². The number of ether oxygens (including phenoxy) is 1. The first-order valence-electron chi connectivity index (χ1n) is 12.0. The number of aryl methyl sites for hydroxylation is 1. The van der Waals surface area contributed by atoms with Gasteiger partial charge in [-0.05, 0) is 92.1 Å². The molecule has 1 heterocycles. The van der Waals surface area contributed by atoms with Gasteiger partial charge in [-0.3, -0.25) is 9.78 Å². The molecule has 36 heavy (non-hydrogen) atoms. The Bertz CT molecular complexity index is 1230. The van der Waals surface area contributed by atoms with E-state index in [0.717, 1.165) is 22.5 Å². The highest BCUT2D eigenvalue weighted by molar-refractivity contribution is 5.95. The third-order valence-corrected chi connectivity index (χ3v) is 5.82. The maximum absolute atomic E-state index is 13.8. The molecule has 0 fully saturated rings. The van der Waals surface area contributed by atoms with E-state index in [4.69, 9.17) is 4.74 Å². The molecule has 1 aromatic heterocycles. The fourth-order valence-electron chi connectivity index (χ4n) is 3.47. The minimum Gasteiger partial charge on any atom is -0.490 e. The molecule has 0 radical (unpaired) electrons. The molecule has 0 saturated carbocycles. The van der Waals surface area contributed by atoms with E-state index in [2.05, 4.69) is 10.3 Å². The minimum atomic E-state index is -0.218. The van der Waals surface area contributed by atoms with Gasteiger partial charge in [0, 0.05) is 43.1 Å². The Hall–Kier alpha value is -3.93. The molecule has 1 N–H and O–H groups in total. The van der Waals surface area contributed by atoms with Crippen LogP contribution in [0.15, 0.2) is 84.2 Å². The molecular weight excluding hydrogens is 453 g/mol. The van der Waals surface area contributed by atoms with Gasteiger partial charge in [0.2, 0.25) is 0 Å². The molecule has 1 amide bonds. The molecule has 6 heteroatoms. The van der Waals surface area contributed by atoms with Crippen molar-refractivity contribution in [3.63, 3.8) is 0 Å². The number of hydrogen-bond donors (Lipinski definition) is 1. The molecule has 2 aromatic carbocycles. The quantitative estimate of drug-likeness (QED) is 0.326. The number of carbonyl (C=O) groups is 1. The Balaban J connectivity index is 1.62. The molecule has 0 aliphatic carbocycles. The molecular formula is C30H34FN3O2. The number of carbonyl (C=O) groups excluding carboxylic acids is 1. The van der Waals surface area contributed by atoms with Crippen molar-refractivity contribution < 1.29 is 13.9 Å². The standard InChI is InChI=1S/C30H34FN3O2/c1-6-21(2)28(31)8-7-17-36-27-15-11-24(12-16-27)29-19-25(18-22(3)33-29)30(35)32-20-23-9-13-26(14-10-23)34(4)5/h7-16,18-19H,6,17,20H2,1-5H3,(H,32,35)/b8-7-,28-21+. The smallest absolute Gasteiger partial charge is 0.251 e. The van der Waals surface area contributed by atoms with Gasteiger partial charge in [0.1, 0.15) is 18.2 Å². The normalized spacial score (nSPS) is 11.8. The SMILES string of the molecule is CC/C(C)=C(F)\C=C/COc1ccc(-c2cc(C(=O)NCc3ccc(N(C)C)cc3)cc(C)n2)cc1. The molecule has 0 spiro atoms. The van der Waals surface area contributed by atoms with Gasteiger partial charge in [-0.15, -0.1) is 0 Å². The largest absolute Gasteiger partial charge is 0.490 e. The maximum atomic E-state index is 13.8. The summed E-state index contributed by atoms with van der Waals surface area (Å²) in [6, 6.07) is 19.1. The number of hydrogen-bond acceptors (Lipinski definition) is 4. The van der Waals surface area contributed by atoms with E-state index >= 15 is 0 Å². The van der Waals surface area contributed by atoms with Gasteiger partial charge in [0.15, 0.2) is 0 Å². The van der Waals surface area contributed by atoms with Gasteiger partial charge >= 0.3 is 0 Å². The van der Waals surface area contributed by atoms with Crippen molar-refractivity contribution in [2.24, 2.45) is 0 Å². The molecule has 0 unspecified atom stereocenters. The molecule has 3 aromatic rings. The second-order valence-electron chi connectivity index (χ2n) is 8.85. The predicted octanol–water partition coefficient (Wildman–Crippen LogP) is 6.64. The van der Waals surface area contributed by atoms with Crippen LogP contribution in [0.5, 0.6) is 5.75 Å². The number of allylic oxidation sites excluding steroid dienone is 3. The predicted molar refractivity (Wildman–Crippen MR) is 145 cm³/mol. The summed E-state index contributed by atoms with van der Waals surface area (Å²) in [6.45, 7) is 6.29. The second-order valence-corrected chi connectivity index (χ2v) is 8.85. The molecule has 0 aliphatic rings. The summed E-state index contributed by atoms with van der Waals surface area (Å²) in [7, 11) is 3.99. The number of nitrogens with one attached hydrogen (secondary N) is 1. The average Bonchev–Trinajstić information content (AvgIpc) is 2.89. The van der Waals surface area contributed by atoms with Gasteiger partial charge in [0.25, 0.3) is 5.91 Å². The lowest BCUT2D eigenvalue weighted by molar-refractivity contribution is 0.0950. The number of halogens is 1. The lowest BCUT2D eigenvalue weighted by Gasteiger charge is -2.13. The Morgan fingerprint density at radius 2 is 1.78 bits per heavy atom. The third-order valence-electron chi connectivity index (χ3n) is 5.82. The highest BCUT2D eigenvalue weighted by Crippen LogP contribution is 2.23. The van der Waals surface area contributed by atoms with Gasteiger partial charge in [0.05, 0.1) is 5.69 Å². The lowest BCUT2D eigenvalue weighted by Crippen LogP contribution is -2.23. The molecule has 5 nitrogen and oxygen atoms in total. The average molecular weight is 488 g/mol. The van der Waals surface area contributed by atoms with E-state index < -0.39 is 0 Å². The summed E-state index contributed by atoms with van der Waals surface area (Å²) in [5, 5.41) is 2.99. The van der Waals surface area contributed by atoms with Crippen LogP contribution in [0.2, 0.25) is 0 Å². The summed E-state index contributed by atoms with van der Waals surface area (Å²) in [4.78, 5) is 19.5. The van der Waals surface area contributed by atoms with E-state index in [0.29, 0.717) is 35.5 Å². The van der Waals surface area contributed by atoms with Crippen molar-refractivity contribution in [2.75, 3.05) is 25.6 Å². The summed E-state index contributed by atoms with van der Waals surface area (Å²) < 4.78 is 19.4. The van der Waals surface area contributed by atoms with Crippen molar-refractivity contribution in [1.82, 2.24) is 10.3 Å². The first-order chi connectivity index (χ1) is 17.3. The Kier molecular flexibility index (Phi) is 9.39. The Morgan fingerprint density at radius 3 is 2.42 bits per heavy atom. The van der Waals surface area contributed by atoms with Crippen LogP contribution in [-0.4, -0.2) is 31.6 Å². The van der Waals surface area contributed by atoms with Crippen molar-refractivity contribution in [1.29, 1.82) is 0 Å². The monoisotopic (exact) mass is 487 g/mol. The topological polar surface area (TPSA) is 54.5 Å². The first kappa shape index (κ1) is 26.7. The van der Waals surface area contributed by atoms with Gasteiger partial charge in [-0.1, -0.05) is 19.1 Å². The van der Waals surface area contributed by atoms with E-state index in [9.17, 15) is 9.18 Å². The molecule has 0 atom stereocenters. The number of amides is 1. The van der Waals surface area contributed by atoms with Gasteiger partial charge in [-0.2, -0.15) is 0 Å². The number of anilines is 1. The molecule has 0 aliphatic heterocycles. The minimum absolute atomic E-state index is 0.148. The number of pyridine rings is 1. The highest BCUT2D eigenvalue weighted by Gasteiger charge is 2.10. The molecule has 0 bridgehead atoms. The van der Waals surface area contributed by atoms with Crippen LogP contribution in [0.1, 0.15) is 41.9 Å². The maximum Gasteiger partial charge on any atom is 0.251 e. The van der Waals surface area contributed by atoms with Crippen LogP contribution < -0.4 is 15.0 Å². The van der Waals surface area contributed by atoms with Crippen LogP contribution in [-0.2, 0) is 6.54 Å². The van der Waals surface area contributed by atoms with Crippen LogP contribution in [0, 0.1) is 6.92 Å². The van der Waals surface area contributed by atoms with E-state index in [-0.39, 0.29) is 18.3 Å². The summed E-state index contributed by atoms with van der Waals surface area (Å²) in [6.07, 6.45) is 3.78. The number of rotatable bonds is 10. The van der Waals surface area contributed by atoms with Crippen molar-refractivity contribution >= 4 is 11.6 Å². The van der Waals surface area contributed by atoms with Crippen LogP contribution in [0.3, 0.4) is 0 Å². The Labute approximate surface area is 213 Å². The first-order valence-corrected chi connectivity index (χ1v) is 12.0. The molecule has 3 rings (SSSR count). The number of aromatic nitrogens is 1. The molecule has 0 saturated heterocycles. The fourth-order valence-corrected chi connectivity index (χ4v) is 3.47. The number of benzene rings is 2.